The first-order valence-corrected chi connectivity index (χ1v) is 31.4. The van der Waals surface area contributed by atoms with Gasteiger partial charge in [-0.15, -0.1) is 11.8 Å². The Bertz CT molecular complexity index is 3270. The highest BCUT2D eigenvalue weighted by Gasteiger charge is 2.53. The molecule has 11 amide bonds. The lowest BCUT2D eigenvalue weighted by Crippen LogP contribution is -2.69. The molecule has 0 spiro atoms. The van der Waals surface area contributed by atoms with Gasteiger partial charge in [-0.2, -0.15) is 0 Å². The van der Waals surface area contributed by atoms with Crippen molar-refractivity contribution in [1.82, 2.24) is 63.1 Å². The summed E-state index contributed by atoms with van der Waals surface area (Å²) in [5, 5.41) is 62.1. The molecule has 0 aliphatic carbocycles. The molecule has 4 heterocycles. The Morgan fingerprint density at radius 1 is 0.783 bits per heavy atom. The smallest absolute Gasteiger partial charge is 0.288 e. The van der Waals surface area contributed by atoms with Gasteiger partial charge in [-0.1, -0.05) is 78.3 Å². The number of benzene rings is 2. The number of aldehydes is 1. The van der Waals surface area contributed by atoms with Crippen molar-refractivity contribution in [1.29, 1.82) is 0 Å². The first-order valence-electron chi connectivity index (χ1n) is 30.4. The van der Waals surface area contributed by atoms with Crippen molar-refractivity contribution in [3.05, 3.63) is 59.7 Å². The minimum Gasteiger partial charge on any atom is -0.394 e. The number of para-hydroxylation sites is 1. The van der Waals surface area contributed by atoms with E-state index in [1.54, 1.807) is 58.9 Å². The molecule has 1 saturated heterocycles. The topological polar surface area (TPSA) is 451 Å². The van der Waals surface area contributed by atoms with Crippen molar-refractivity contribution < 1.29 is 82.4 Å². The standard InChI is InChI=1S/C61H83N13O17S/c1-8-31(5)50-56(88)64-24-47(82)67-43-28-92-59-39(38-12-10-11-13-40(38)70-59)20-41(53(85)63-25-48(83)71-50)68-58(90)51(32(6)45(80)27-75)73-61(29-76)22-37(78)26-74(61)60(91)42(69-54(43)86)21-46(81)62-23-34-14-16-35(17-15-34)66-52(84)33(7)65-57(89)49(30(3)4)72-55(87)44(79)19-18-36(77)9-2/h10-17,29-33,37,41-43,45,49-51,70,73,75,78,80H,8-9,18-28H2,1-7H3,(H,62,81)(H,63,85)(H,64,88)(H,65,89)(H,66,84)(H,67,82)(H,68,90)(H,69,86)(H,71,83)(H,72,87)/t31-,32-,33-,37+,41-,42-,43?,45-,49?,50-,51-,61?/m0/s1. The number of fused-ring (bicyclic) bond motifs is 5. The van der Waals surface area contributed by atoms with Gasteiger partial charge < -0.3 is 78.4 Å². The highest BCUT2D eigenvalue weighted by Crippen LogP contribution is 2.33. The predicted molar refractivity (Wildman–Crippen MR) is 332 cm³/mol. The number of ketones is 2. The first kappa shape index (κ1) is 72.4. The van der Waals surface area contributed by atoms with Gasteiger partial charge in [0.05, 0.1) is 49.4 Å². The number of hydrogen-bond donors (Lipinski definition) is 15. The number of hydrogen-bond acceptors (Lipinski definition) is 19. The Morgan fingerprint density at radius 2 is 1.46 bits per heavy atom. The number of anilines is 1. The zero-order valence-electron chi connectivity index (χ0n) is 52.2. The number of aliphatic hydroxyl groups is 3. The molecule has 0 radical (unpaired) electrons. The maximum Gasteiger partial charge on any atom is 0.288 e. The second-order valence-electron chi connectivity index (χ2n) is 23.6. The Balaban J connectivity index is 1.31. The van der Waals surface area contributed by atoms with Gasteiger partial charge in [0.2, 0.25) is 64.9 Å². The van der Waals surface area contributed by atoms with Crippen LogP contribution in [0.5, 0.6) is 0 Å². The fourth-order valence-corrected chi connectivity index (χ4v) is 11.7. The Kier molecular flexibility index (Phi) is 26.0. The summed E-state index contributed by atoms with van der Waals surface area (Å²) in [7, 11) is 0. The van der Waals surface area contributed by atoms with E-state index in [0.29, 0.717) is 33.5 Å². The van der Waals surface area contributed by atoms with E-state index in [-0.39, 0.29) is 55.7 Å². The molecule has 3 unspecified atom stereocenters. The molecule has 6 rings (SSSR count). The van der Waals surface area contributed by atoms with Gasteiger partial charge in [0.15, 0.2) is 11.9 Å². The lowest BCUT2D eigenvalue weighted by molar-refractivity contribution is -0.147. The van der Waals surface area contributed by atoms with Crippen LogP contribution in [0.3, 0.4) is 0 Å². The van der Waals surface area contributed by atoms with E-state index < -0.39 is 188 Å². The van der Waals surface area contributed by atoms with Crippen molar-refractivity contribution in [3.8, 4) is 0 Å². The van der Waals surface area contributed by atoms with Gasteiger partial charge in [0.1, 0.15) is 42.0 Å². The van der Waals surface area contributed by atoms with E-state index in [1.807, 2.05) is 0 Å². The molecule has 12 atom stereocenters. The fourth-order valence-electron chi connectivity index (χ4n) is 10.6. The van der Waals surface area contributed by atoms with Crippen molar-refractivity contribution in [3.63, 3.8) is 0 Å². The fraction of sp³-hybridized carbons (Fsp3) is 0.541. The monoisotopic (exact) mass is 1300 g/mol. The lowest BCUT2D eigenvalue weighted by Gasteiger charge is -2.41. The molecule has 1 aromatic heterocycles. The summed E-state index contributed by atoms with van der Waals surface area (Å²) < 4.78 is 0. The van der Waals surface area contributed by atoms with Crippen LogP contribution in [0, 0.1) is 17.8 Å². The van der Waals surface area contributed by atoms with Crippen LogP contribution in [0.2, 0.25) is 0 Å². The van der Waals surface area contributed by atoms with Gasteiger partial charge in [0.25, 0.3) is 5.91 Å². The third-order valence-electron chi connectivity index (χ3n) is 16.4. The summed E-state index contributed by atoms with van der Waals surface area (Å²) in [5.41, 5.74) is -0.719. The number of carbonyl (C=O) groups is 14. The van der Waals surface area contributed by atoms with Crippen molar-refractivity contribution in [2.24, 2.45) is 17.8 Å². The Morgan fingerprint density at radius 3 is 2.11 bits per heavy atom. The predicted octanol–water partition coefficient (Wildman–Crippen LogP) is -2.90. The normalized spacial score (nSPS) is 23.7. The zero-order valence-corrected chi connectivity index (χ0v) is 53.0. The van der Waals surface area contributed by atoms with E-state index in [1.165, 1.54) is 38.1 Å². The molecule has 92 heavy (non-hydrogen) atoms. The molecular weight excluding hydrogens is 1220 g/mol. The number of nitrogens with one attached hydrogen (secondary N) is 12. The maximum atomic E-state index is 15.3. The summed E-state index contributed by atoms with van der Waals surface area (Å²) in [4.78, 5) is 196. The first-order chi connectivity index (χ1) is 43.6. The van der Waals surface area contributed by atoms with Crippen LogP contribution in [-0.4, -0.2) is 200 Å². The molecule has 2 aromatic carbocycles. The Hall–Kier alpha value is -8.65. The highest BCUT2D eigenvalue weighted by atomic mass is 32.2. The van der Waals surface area contributed by atoms with Gasteiger partial charge in [0, 0.05) is 73.5 Å². The van der Waals surface area contributed by atoms with Crippen LogP contribution in [0.15, 0.2) is 53.6 Å². The Labute approximate surface area is 534 Å². The van der Waals surface area contributed by atoms with Crippen LogP contribution in [0.4, 0.5) is 5.69 Å². The van der Waals surface area contributed by atoms with Crippen LogP contribution in [-0.2, 0) is 80.1 Å². The van der Waals surface area contributed by atoms with Crippen LogP contribution >= 0.6 is 11.8 Å². The van der Waals surface area contributed by atoms with E-state index in [9.17, 15) is 77.6 Å². The number of Topliss-reactive ketones (excluding diaryl/α,β-unsaturated/α-hetero) is 2. The second kappa shape index (κ2) is 33.1. The number of aliphatic hydroxyl groups excluding tert-OH is 3. The van der Waals surface area contributed by atoms with E-state index in [2.05, 4.69) is 63.5 Å². The van der Waals surface area contributed by atoms with Crippen molar-refractivity contribution in [2.75, 3.05) is 37.3 Å². The summed E-state index contributed by atoms with van der Waals surface area (Å²) in [6.45, 7) is 7.84. The van der Waals surface area contributed by atoms with E-state index >= 15 is 4.79 Å². The summed E-state index contributed by atoms with van der Waals surface area (Å²) in [6.07, 6.45) is -4.63. The molecule has 0 saturated carbocycles. The summed E-state index contributed by atoms with van der Waals surface area (Å²) in [6, 6.07) is 2.42. The highest BCUT2D eigenvalue weighted by molar-refractivity contribution is 7.99. The molecule has 3 aliphatic rings. The average molecular weight is 1300 g/mol. The minimum atomic E-state index is -2.37. The number of aromatic nitrogens is 1. The van der Waals surface area contributed by atoms with Gasteiger partial charge in [-0.25, -0.2) is 0 Å². The molecule has 30 nitrogen and oxygen atoms in total. The quantitative estimate of drug-likeness (QED) is 0.0376. The van der Waals surface area contributed by atoms with E-state index in [0.717, 1.165) is 16.7 Å². The third kappa shape index (κ3) is 19.0. The number of thioether (sulfide) groups is 1. The maximum absolute atomic E-state index is 15.3. The van der Waals surface area contributed by atoms with Gasteiger partial charge in [-0.05, 0) is 48.1 Å². The van der Waals surface area contributed by atoms with Crippen molar-refractivity contribution in [2.45, 2.75) is 165 Å². The molecule has 1 fully saturated rings. The number of nitrogens with zero attached hydrogens (tertiary/aromatic N) is 1. The second-order valence-corrected chi connectivity index (χ2v) is 24.6. The number of aromatic amines is 1. The summed E-state index contributed by atoms with van der Waals surface area (Å²) in [5.74, 6) is -13.8. The van der Waals surface area contributed by atoms with Gasteiger partial charge in [-0.3, -0.25) is 72.4 Å². The van der Waals surface area contributed by atoms with E-state index in [4.69, 9.17) is 0 Å². The zero-order chi connectivity index (χ0) is 67.7. The molecule has 15 N–H and O–H groups in total. The lowest BCUT2D eigenvalue weighted by atomic mass is 9.92. The molecule has 31 heteroatoms. The minimum absolute atomic E-state index is 0.121. The third-order valence-corrected chi connectivity index (χ3v) is 17.5. The van der Waals surface area contributed by atoms with Crippen LogP contribution in [0.1, 0.15) is 98.1 Å². The average Bonchev–Trinajstić information content (AvgIpc) is 1.59. The molecule has 3 aliphatic heterocycles. The number of carbonyl (C=O) groups excluding carboxylic acids is 14. The molecule has 2 bridgehead atoms. The summed E-state index contributed by atoms with van der Waals surface area (Å²) >= 11 is 0.986. The van der Waals surface area contributed by atoms with Gasteiger partial charge >= 0.3 is 0 Å². The van der Waals surface area contributed by atoms with Crippen molar-refractivity contribution >= 4 is 111 Å². The van der Waals surface area contributed by atoms with Crippen LogP contribution < -0.4 is 58.5 Å². The molecular formula is C61H83N13O17S. The molecule has 500 valence electrons. The van der Waals surface area contributed by atoms with Crippen LogP contribution in [0.25, 0.3) is 10.9 Å². The largest absolute Gasteiger partial charge is 0.394 e. The SMILES string of the molecule is CCC(=O)CCC(=O)C(=O)NC(C(=O)N[C@@H](C)C(=O)Nc1ccc(CNC(=O)C[C@@H]2NC(=O)C3CSc4[nH]c5ccccc5c4C[C@H](NC(=O)[C@H]([C@@H](C)[C@@H](O)CO)NC4(C=O)C[C@@H](O)CN4C2=O)C(=O)NCC(=O)N[C@@H]([C@@H](C)CC)C(=O)NCC(=O)N3)cc1)C(C)C. The number of rotatable bonds is 21. The molecule has 3 aromatic rings. The number of H-pyrrole nitrogens is 1. The number of amides is 11.